The molecule has 1 amide bonds. The highest BCUT2D eigenvalue weighted by Gasteiger charge is 2.15. The number of amides is 1. The second-order valence-electron chi connectivity index (χ2n) is 4.40. The molecular weight excluding hydrogens is 332 g/mol. The fourth-order valence-electron chi connectivity index (χ4n) is 1.50. The molecule has 0 radical (unpaired) electrons. The van der Waals surface area contributed by atoms with Gasteiger partial charge in [-0.15, -0.1) is 0 Å². The number of nitrogens with zero attached hydrogens (tertiary/aromatic N) is 1. The van der Waals surface area contributed by atoms with Crippen LogP contribution >= 0.6 is 0 Å². The molecule has 0 atom stereocenters. The van der Waals surface area contributed by atoms with Gasteiger partial charge >= 0.3 is 18.0 Å². The van der Waals surface area contributed by atoms with Crippen LogP contribution in [0.5, 0.6) is 0 Å². The Kier molecular flexibility index (Phi) is 7.26. The van der Waals surface area contributed by atoms with Crippen molar-refractivity contribution in [2.75, 3.05) is 7.05 Å². The number of ether oxygens (including phenoxy) is 1. The Labute approximate surface area is 142 Å². The lowest BCUT2D eigenvalue weighted by molar-refractivity contribution is -0.384. The second kappa shape index (κ2) is 9.40. The van der Waals surface area contributed by atoms with E-state index in [1.54, 1.807) is 18.2 Å². The molecule has 0 aliphatic carbocycles. The van der Waals surface area contributed by atoms with Gasteiger partial charge in [0.05, 0.1) is 16.1 Å². The SMILES string of the molecule is CNC(=O)O.O=C(OC(=O)c1ccc([N+](=O)[O-])cc1)c1ccccc1. The van der Waals surface area contributed by atoms with Crippen LogP contribution in [0.2, 0.25) is 0 Å². The van der Waals surface area contributed by atoms with Crippen molar-refractivity contribution in [3.63, 3.8) is 0 Å². The number of benzene rings is 2. The predicted molar refractivity (Wildman–Crippen MR) is 86.4 cm³/mol. The summed E-state index contributed by atoms with van der Waals surface area (Å²) in [6, 6.07) is 12.9. The molecule has 0 saturated carbocycles. The van der Waals surface area contributed by atoms with Crippen LogP contribution < -0.4 is 5.32 Å². The van der Waals surface area contributed by atoms with Crippen LogP contribution in [0, 0.1) is 10.1 Å². The summed E-state index contributed by atoms with van der Waals surface area (Å²) in [5, 5.41) is 20.0. The van der Waals surface area contributed by atoms with E-state index in [1.807, 2.05) is 5.32 Å². The van der Waals surface area contributed by atoms with Gasteiger partial charge < -0.3 is 15.2 Å². The summed E-state index contributed by atoms with van der Waals surface area (Å²) in [5.74, 6) is -1.62. The molecule has 9 heteroatoms. The minimum Gasteiger partial charge on any atom is -0.465 e. The molecule has 0 aromatic heterocycles. The van der Waals surface area contributed by atoms with E-state index < -0.39 is 23.0 Å². The number of nitro benzene ring substituents is 1. The molecule has 2 rings (SSSR count). The Morgan fingerprint density at radius 2 is 1.40 bits per heavy atom. The van der Waals surface area contributed by atoms with Gasteiger partial charge in [-0.1, -0.05) is 18.2 Å². The third-order valence-corrected chi connectivity index (χ3v) is 2.72. The summed E-state index contributed by atoms with van der Waals surface area (Å²) < 4.78 is 4.68. The number of hydrogen-bond donors (Lipinski definition) is 2. The maximum atomic E-state index is 11.7. The molecule has 0 bridgehead atoms. The van der Waals surface area contributed by atoms with Crippen molar-refractivity contribution in [1.29, 1.82) is 0 Å². The highest BCUT2D eigenvalue weighted by atomic mass is 16.6. The molecule has 0 fully saturated rings. The molecule has 2 aromatic rings. The Morgan fingerprint density at radius 3 is 1.80 bits per heavy atom. The first kappa shape index (κ1) is 19.3. The molecular formula is C16H14N2O7. The van der Waals surface area contributed by atoms with E-state index in [9.17, 15) is 24.5 Å². The van der Waals surface area contributed by atoms with E-state index >= 15 is 0 Å². The number of esters is 2. The lowest BCUT2D eigenvalue weighted by atomic mass is 10.2. The molecule has 25 heavy (non-hydrogen) atoms. The van der Waals surface area contributed by atoms with Gasteiger partial charge in [0, 0.05) is 19.2 Å². The standard InChI is InChI=1S/C14H9NO5.C2H5NO2/c16-13(10-4-2-1-3-5-10)20-14(17)11-6-8-12(9-7-11)15(18)19;1-3-2(4)5/h1-9H;3H,1H3,(H,4,5). The fourth-order valence-corrected chi connectivity index (χ4v) is 1.50. The zero-order valence-corrected chi connectivity index (χ0v) is 13.0. The topological polar surface area (TPSA) is 136 Å². The lowest BCUT2D eigenvalue weighted by Crippen LogP contribution is -2.13. The number of carbonyl (C=O) groups is 3. The first-order valence-corrected chi connectivity index (χ1v) is 6.82. The van der Waals surface area contributed by atoms with E-state index in [2.05, 4.69) is 4.74 Å². The molecule has 0 unspecified atom stereocenters. The van der Waals surface area contributed by atoms with Crippen molar-refractivity contribution >= 4 is 23.7 Å². The van der Waals surface area contributed by atoms with Gasteiger partial charge in [-0.2, -0.15) is 0 Å². The zero-order chi connectivity index (χ0) is 18.8. The van der Waals surface area contributed by atoms with Crippen molar-refractivity contribution in [1.82, 2.24) is 5.32 Å². The molecule has 9 nitrogen and oxygen atoms in total. The summed E-state index contributed by atoms with van der Waals surface area (Å²) in [5.41, 5.74) is 0.179. The van der Waals surface area contributed by atoms with Gasteiger partial charge in [-0.3, -0.25) is 10.1 Å². The highest BCUT2D eigenvalue weighted by molar-refractivity contribution is 6.02. The van der Waals surface area contributed by atoms with E-state index in [0.29, 0.717) is 0 Å². The van der Waals surface area contributed by atoms with Gasteiger partial charge in [-0.05, 0) is 24.3 Å². The molecule has 0 saturated heterocycles. The third kappa shape index (κ3) is 6.48. The first-order chi connectivity index (χ1) is 11.8. The van der Waals surface area contributed by atoms with Gasteiger partial charge in [0.25, 0.3) is 5.69 Å². The number of rotatable bonds is 3. The Morgan fingerprint density at radius 1 is 0.960 bits per heavy atom. The molecule has 0 aliphatic heterocycles. The quantitative estimate of drug-likeness (QED) is 0.377. The Hall–Kier alpha value is -3.75. The smallest absolute Gasteiger partial charge is 0.404 e. The summed E-state index contributed by atoms with van der Waals surface area (Å²) >= 11 is 0. The number of nitrogens with one attached hydrogen (secondary N) is 1. The number of non-ortho nitro benzene ring substituents is 1. The third-order valence-electron chi connectivity index (χ3n) is 2.72. The van der Waals surface area contributed by atoms with E-state index in [-0.39, 0.29) is 16.8 Å². The lowest BCUT2D eigenvalue weighted by Gasteiger charge is -2.02. The number of nitro groups is 1. The maximum Gasteiger partial charge on any atom is 0.404 e. The van der Waals surface area contributed by atoms with Crippen LogP contribution in [0.1, 0.15) is 20.7 Å². The zero-order valence-electron chi connectivity index (χ0n) is 13.0. The Bertz CT molecular complexity index is 758. The van der Waals surface area contributed by atoms with Crippen LogP contribution in [-0.2, 0) is 4.74 Å². The number of carboxylic acid groups (broad SMARTS) is 1. The van der Waals surface area contributed by atoms with E-state index in [1.165, 1.54) is 43.4 Å². The first-order valence-electron chi connectivity index (χ1n) is 6.82. The van der Waals surface area contributed by atoms with Crippen molar-refractivity contribution < 1.29 is 29.2 Å². The highest BCUT2D eigenvalue weighted by Crippen LogP contribution is 2.13. The van der Waals surface area contributed by atoms with Crippen molar-refractivity contribution in [3.05, 3.63) is 75.8 Å². The van der Waals surface area contributed by atoms with E-state index in [0.717, 1.165) is 0 Å². The van der Waals surface area contributed by atoms with Crippen molar-refractivity contribution in [2.24, 2.45) is 0 Å². The number of hydrogen-bond acceptors (Lipinski definition) is 6. The minimum atomic E-state index is -0.995. The van der Waals surface area contributed by atoms with E-state index in [4.69, 9.17) is 5.11 Å². The Balaban J connectivity index is 0.000000550. The monoisotopic (exact) mass is 346 g/mol. The molecule has 2 N–H and O–H groups in total. The van der Waals surface area contributed by atoms with Gasteiger partial charge in [0.2, 0.25) is 0 Å². The van der Waals surface area contributed by atoms with Gasteiger partial charge in [0.15, 0.2) is 0 Å². The molecule has 0 heterocycles. The van der Waals surface area contributed by atoms with Gasteiger partial charge in [-0.25, -0.2) is 14.4 Å². The fraction of sp³-hybridized carbons (Fsp3) is 0.0625. The van der Waals surface area contributed by atoms with Crippen LogP contribution in [-0.4, -0.2) is 35.1 Å². The predicted octanol–water partition coefficient (Wildman–Crippen LogP) is 2.48. The van der Waals surface area contributed by atoms with Crippen LogP contribution in [0.4, 0.5) is 10.5 Å². The van der Waals surface area contributed by atoms with Gasteiger partial charge in [0.1, 0.15) is 0 Å². The van der Waals surface area contributed by atoms with Crippen LogP contribution in [0.25, 0.3) is 0 Å². The number of carbonyl (C=O) groups excluding carboxylic acids is 2. The average molecular weight is 346 g/mol. The largest absolute Gasteiger partial charge is 0.465 e. The average Bonchev–Trinajstić information content (AvgIpc) is 2.62. The van der Waals surface area contributed by atoms with Crippen molar-refractivity contribution in [2.45, 2.75) is 0 Å². The minimum absolute atomic E-state index is 0.0693. The molecule has 130 valence electrons. The summed E-state index contributed by atoms with van der Waals surface area (Å²) in [6.07, 6.45) is -0.995. The second-order valence-corrected chi connectivity index (χ2v) is 4.40. The molecule has 2 aromatic carbocycles. The van der Waals surface area contributed by atoms with Crippen LogP contribution in [0.3, 0.4) is 0 Å². The maximum absolute atomic E-state index is 11.7. The molecule has 0 spiro atoms. The molecule has 0 aliphatic rings. The summed E-state index contributed by atoms with van der Waals surface area (Å²) in [7, 11) is 1.35. The normalized spacial score (nSPS) is 9.16. The van der Waals surface area contributed by atoms with Crippen molar-refractivity contribution in [3.8, 4) is 0 Å². The summed E-state index contributed by atoms with van der Waals surface area (Å²) in [4.78, 5) is 42.5. The summed E-state index contributed by atoms with van der Waals surface area (Å²) in [6.45, 7) is 0. The van der Waals surface area contributed by atoms with Crippen LogP contribution in [0.15, 0.2) is 54.6 Å².